The average Bonchev–Trinajstić information content (AvgIpc) is 2.63. The second kappa shape index (κ2) is 7.99. The molecule has 0 unspecified atom stereocenters. The lowest BCUT2D eigenvalue weighted by Gasteiger charge is -2.32. The van der Waals surface area contributed by atoms with Gasteiger partial charge in [0.2, 0.25) is 5.60 Å². The molecule has 0 heterocycles. The van der Waals surface area contributed by atoms with Crippen LogP contribution in [0.2, 0.25) is 0 Å². The minimum atomic E-state index is -5.59. The molecule has 0 aliphatic heterocycles. The fourth-order valence-electron chi connectivity index (χ4n) is 2.55. The van der Waals surface area contributed by atoms with Gasteiger partial charge < -0.3 is 16.2 Å². The monoisotopic (exact) mass is 446 g/mol. The number of anilines is 1. The smallest absolute Gasteiger partial charge is 0.381 e. The lowest BCUT2D eigenvalue weighted by molar-refractivity contribution is -0.261. The third-order valence-corrected chi connectivity index (χ3v) is 4.27. The molecule has 0 aliphatic rings. The minimum absolute atomic E-state index is 0.0397. The van der Waals surface area contributed by atoms with E-state index in [0.717, 1.165) is 0 Å². The first-order valence-corrected chi connectivity index (χ1v) is 8.20. The van der Waals surface area contributed by atoms with Gasteiger partial charge in [0.25, 0.3) is 0 Å². The Bertz CT molecular complexity index is 841. The van der Waals surface area contributed by atoms with Gasteiger partial charge in [-0.15, -0.1) is 0 Å². The summed E-state index contributed by atoms with van der Waals surface area (Å²) < 4.78 is 119. The van der Waals surface area contributed by atoms with Gasteiger partial charge in [-0.2, -0.15) is 39.5 Å². The summed E-state index contributed by atoms with van der Waals surface area (Å²) in [4.78, 5) is 0. The molecule has 2 aromatic carbocycles. The van der Waals surface area contributed by atoms with Crippen molar-refractivity contribution in [2.75, 3.05) is 11.9 Å². The molecule has 0 radical (unpaired) electrons. The molecule has 0 amide bonds. The number of hydrogen-bond acceptors (Lipinski definition) is 3. The maximum Gasteiger partial charge on any atom is 0.423 e. The quantitative estimate of drug-likeness (QED) is 0.564. The Hall–Kier alpha value is -2.47. The van der Waals surface area contributed by atoms with Gasteiger partial charge in [-0.05, 0) is 41.5 Å². The van der Waals surface area contributed by atoms with Crippen LogP contribution in [0.4, 0.5) is 45.2 Å². The Balaban J connectivity index is 2.54. The van der Waals surface area contributed by atoms with E-state index in [9.17, 15) is 44.6 Å². The van der Waals surface area contributed by atoms with E-state index < -0.39 is 47.4 Å². The molecule has 2 rings (SSSR count). The first-order chi connectivity index (χ1) is 13.6. The molecule has 0 saturated heterocycles. The Labute approximate surface area is 164 Å². The minimum Gasteiger partial charge on any atom is -0.381 e. The van der Waals surface area contributed by atoms with Gasteiger partial charge >= 0.3 is 18.5 Å². The number of nitrogens with two attached hydrogens (primary N) is 1. The molecule has 0 saturated carbocycles. The summed E-state index contributed by atoms with van der Waals surface area (Å²) in [5.74, 6) is 0. The molecule has 0 bridgehead atoms. The molecule has 2 aromatic rings. The lowest BCUT2D eigenvalue weighted by Crippen LogP contribution is -2.48. The number of benzene rings is 2. The zero-order valence-electron chi connectivity index (χ0n) is 14.9. The lowest BCUT2D eigenvalue weighted by atomic mass is 9.89. The maximum atomic E-state index is 13.6. The fourth-order valence-corrected chi connectivity index (χ4v) is 2.55. The van der Waals surface area contributed by atoms with Crippen LogP contribution in [0.3, 0.4) is 0 Å². The van der Waals surface area contributed by atoms with Gasteiger partial charge in [0.1, 0.15) is 0 Å². The summed E-state index contributed by atoms with van der Waals surface area (Å²) in [6, 6.07) is 4.86. The number of aliphatic hydroxyl groups is 1. The predicted molar refractivity (Wildman–Crippen MR) is 89.2 cm³/mol. The van der Waals surface area contributed by atoms with Gasteiger partial charge in [0.05, 0.1) is 17.7 Å². The molecule has 0 aliphatic carbocycles. The van der Waals surface area contributed by atoms with Crippen LogP contribution in [0.25, 0.3) is 0 Å². The SMILES string of the molecule is NCc1ccc(NC[C@](O)(c2cc(C(F)(F)F)cc(C(F)(F)F)c2)C(F)(F)F)cc1. The van der Waals surface area contributed by atoms with E-state index in [1.165, 1.54) is 24.3 Å². The molecule has 12 heteroatoms. The molecular formula is C18H15F9N2O. The van der Waals surface area contributed by atoms with Gasteiger partial charge in [-0.25, -0.2) is 0 Å². The first kappa shape index (κ1) is 23.8. The highest BCUT2D eigenvalue weighted by Gasteiger charge is 2.56. The summed E-state index contributed by atoms with van der Waals surface area (Å²) in [5.41, 5.74) is -3.53. The number of halogens is 9. The Morgan fingerprint density at radius 2 is 1.17 bits per heavy atom. The van der Waals surface area contributed by atoms with Crippen LogP contribution in [0, 0.1) is 0 Å². The van der Waals surface area contributed by atoms with Gasteiger partial charge in [0, 0.05) is 12.2 Å². The van der Waals surface area contributed by atoms with Crippen molar-refractivity contribution in [2.24, 2.45) is 5.73 Å². The first-order valence-electron chi connectivity index (χ1n) is 8.20. The van der Waals surface area contributed by atoms with E-state index in [2.05, 4.69) is 5.32 Å². The van der Waals surface area contributed by atoms with Crippen LogP contribution in [0.15, 0.2) is 42.5 Å². The summed E-state index contributed by atoms with van der Waals surface area (Å²) >= 11 is 0. The summed E-state index contributed by atoms with van der Waals surface area (Å²) in [6.45, 7) is -1.30. The third-order valence-electron chi connectivity index (χ3n) is 4.27. The molecule has 166 valence electrons. The average molecular weight is 446 g/mol. The van der Waals surface area contributed by atoms with Crippen molar-refractivity contribution in [1.82, 2.24) is 0 Å². The van der Waals surface area contributed by atoms with Crippen LogP contribution in [0.5, 0.6) is 0 Å². The molecule has 0 aromatic heterocycles. The van der Waals surface area contributed by atoms with Crippen molar-refractivity contribution in [2.45, 2.75) is 30.7 Å². The second-order valence-corrected chi connectivity index (χ2v) is 6.41. The molecular weight excluding hydrogens is 431 g/mol. The second-order valence-electron chi connectivity index (χ2n) is 6.41. The predicted octanol–water partition coefficient (Wildman–Crippen LogP) is 5.04. The van der Waals surface area contributed by atoms with Crippen LogP contribution in [-0.4, -0.2) is 17.8 Å². The molecule has 30 heavy (non-hydrogen) atoms. The normalized spacial score (nSPS) is 15.0. The van der Waals surface area contributed by atoms with E-state index in [1.54, 1.807) is 0 Å². The van der Waals surface area contributed by atoms with Gasteiger partial charge in [0.15, 0.2) is 0 Å². The van der Waals surface area contributed by atoms with Crippen LogP contribution in [-0.2, 0) is 24.5 Å². The Morgan fingerprint density at radius 1 is 0.733 bits per heavy atom. The highest BCUT2D eigenvalue weighted by Crippen LogP contribution is 2.44. The van der Waals surface area contributed by atoms with Gasteiger partial charge in [-0.1, -0.05) is 12.1 Å². The van der Waals surface area contributed by atoms with Crippen molar-refractivity contribution in [3.05, 3.63) is 64.7 Å². The molecule has 1 atom stereocenters. The van der Waals surface area contributed by atoms with Crippen molar-refractivity contribution in [3.63, 3.8) is 0 Å². The summed E-state index contributed by atoms with van der Waals surface area (Å²) in [6.07, 6.45) is -16.3. The Morgan fingerprint density at radius 3 is 1.53 bits per heavy atom. The van der Waals surface area contributed by atoms with Crippen molar-refractivity contribution in [1.29, 1.82) is 0 Å². The third kappa shape index (κ3) is 5.17. The molecule has 3 nitrogen and oxygen atoms in total. The zero-order chi connectivity index (χ0) is 23.0. The number of rotatable bonds is 5. The van der Waals surface area contributed by atoms with Crippen LogP contribution in [0.1, 0.15) is 22.3 Å². The van der Waals surface area contributed by atoms with Crippen LogP contribution >= 0.6 is 0 Å². The van der Waals surface area contributed by atoms with Crippen molar-refractivity contribution >= 4 is 5.69 Å². The van der Waals surface area contributed by atoms with Crippen LogP contribution < -0.4 is 11.1 Å². The van der Waals surface area contributed by atoms with E-state index >= 15 is 0 Å². The topological polar surface area (TPSA) is 58.3 Å². The largest absolute Gasteiger partial charge is 0.423 e. The van der Waals surface area contributed by atoms with Crippen molar-refractivity contribution in [3.8, 4) is 0 Å². The standard InChI is InChI=1S/C18H15F9N2O/c19-16(20,21)12-5-11(6-13(7-12)17(22,23)24)15(30,18(25,26)27)9-29-14-3-1-10(8-28)2-4-14/h1-7,29-30H,8-9,28H2/t15-/m0/s1. The zero-order valence-corrected chi connectivity index (χ0v) is 14.9. The number of nitrogens with one attached hydrogen (secondary N) is 1. The highest BCUT2D eigenvalue weighted by molar-refractivity contribution is 5.46. The van der Waals surface area contributed by atoms with E-state index in [4.69, 9.17) is 5.73 Å². The molecule has 4 N–H and O–H groups in total. The van der Waals surface area contributed by atoms with E-state index in [-0.39, 0.29) is 30.4 Å². The summed E-state index contributed by atoms with van der Waals surface area (Å²) in [7, 11) is 0. The maximum absolute atomic E-state index is 13.6. The fraction of sp³-hybridized carbons (Fsp3) is 0.333. The van der Waals surface area contributed by atoms with Crippen molar-refractivity contribution < 1.29 is 44.6 Å². The molecule has 0 spiro atoms. The highest BCUT2D eigenvalue weighted by atomic mass is 19.4. The van der Waals surface area contributed by atoms with Gasteiger partial charge in [-0.3, -0.25) is 0 Å². The van der Waals surface area contributed by atoms with E-state index in [1.807, 2.05) is 0 Å². The van der Waals surface area contributed by atoms with E-state index in [0.29, 0.717) is 5.56 Å². The summed E-state index contributed by atoms with van der Waals surface area (Å²) in [5, 5.41) is 12.4. The number of alkyl halides is 9. The number of hydrogen-bond donors (Lipinski definition) is 3. The molecule has 0 fully saturated rings. The Kier molecular flexibility index (Phi) is 6.34.